The molecule has 10 heterocycles. The number of aryl methyl sites for hydroxylation is 1. The van der Waals surface area contributed by atoms with Gasteiger partial charge in [0.05, 0.1) is 129 Å². The Hall–Kier alpha value is -9.48. The molecule has 0 aromatic carbocycles. The summed E-state index contributed by atoms with van der Waals surface area (Å²) in [5.74, 6) is -2.01. The molecule has 9 aromatic heterocycles. The second kappa shape index (κ2) is 46.6. The van der Waals surface area contributed by atoms with Crippen LogP contribution in [0.25, 0.3) is 0 Å². The summed E-state index contributed by atoms with van der Waals surface area (Å²) in [5, 5.41) is 101. The smallest absolute Gasteiger partial charge is 0.333 e. The summed E-state index contributed by atoms with van der Waals surface area (Å²) in [6.07, 6.45) is 18.4. The van der Waals surface area contributed by atoms with Crippen molar-refractivity contribution in [3.8, 4) is 6.07 Å². The molecule has 4 fully saturated rings. The van der Waals surface area contributed by atoms with Gasteiger partial charge in [0.15, 0.2) is 5.76 Å². The third-order valence-electron chi connectivity index (χ3n) is 22.3. The van der Waals surface area contributed by atoms with Gasteiger partial charge in [-0.05, 0) is 149 Å². The van der Waals surface area contributed by atoms with Crippen molar-refractivity contribution < 1.29 is 109 Å². The number of nitrogens with zero attached hydrogens (tertiary/aromatic N) is 10. The average molecular weight is 1980 g/mol. The fourth-order valence-corrected chi connectivity index (χ4v) is 20.1. The number of anilines is 3. The van der Waals surface area contributed by atoms with Gasteiger partial charge in [-0.2, -0.15) is 38.9 Å². The molecule has 41 nitrogen and oxygen atoms in total. The van der Waals surface area contributed by atoms with Gasteiger partial charge in [-0.1, -0.05) is 51.1 Å². The number of nitriles is 1. The van der Waals surface area contributed by atoms with Crippen LogP contribution in [0.4, 0.5) is 17.5 Å². The number of furan rings is 1. The van der Waals surface area contributed by atoms with Gasteiger partial charge in [-0.15, -0.1) is 34.0 Å². The largest absolute Gasteiger partial charge is 0.460 e. The van der Waals surface area contributed by atoms with Crippen molar-refractivity contribution in [2.24, 2.45) is 56.1 Å². The topological polar surface area (TPSA) is 658 Å². The van der Waals surface area contributed by atoms with E-state index in [1.165, 1.54) is 90.7 Å². The lowest BCUT2D eigenvalue weighted by Gasteiger charge is -2.15. The molecule has 1 aliphatic heterocycles. The summed E-state index contributed by atoms with van der Waals surface area (Å²) >= 11 is 10.1. The minimum absolute atomic E-state index is 0. The predicted molar refractivity (Wildman–Crippen MR) is 486 cm³/mol. The van der Waals surface area contributed by atoms with E-state index in [2.05, 4.69) is 91.3 Å². The summed E-state index contributed by atoms with van der Waals surface area (Å²) in [6, 6.07) is 9.85. The molecule has 49 heteroatoms. The van der Waals surface area contributed by atoms with Crippen LogP contribution in [0.1, 0.15) is 198 Å². The number of nitrogens with one attached hydrogen (secondary N) is 3. The van der Waals surface area contributed by atoms with Crippen molar-refractivity contribution in [3.05, 3.63) is 214 Å². The predicted octanol–water partition coefficient (Wildman–Crippen LogP) is 6.58. The number of aromatic nitrogens is 9. The number of ketones is 4. The summed E-state index contributed by atoms with van der Waals surface area (Å²) in [7, 11) is -16.3. The number of nitrogens with two attached hydrogens (primary N) is 4. The van der Waals surface area contributed by atoms with Crippen molar-refractivity contribution >= 4 is 127 Å². The molecular weight excluding hydrogens is 1880 g/mol. The van der Waals surface area contributed by atoms with Crippen molar-refractivity contribution in [2.75, 3.05) is 55.6 Å². The van der Waals surface area contributed by atoms with Gasteiger partial charge in [0.2, 0.25) is 23.1 Å². The van der Waals surface area contributed by atoms with E-state index in [1.807, 2.05) is 49.0 Å². The number of rotatable bonds is 36. The molecule has 17 N–H and O–H groups in total. The summed E-state index contributed by atoms with van der Waals surface area (Å²) in [4.78, 5) is 87.9. The van der Waals surface area contributed by atoms with Crippen LogP contribution in [-0.2, 0) is 82.1 Å². The van der Waals surface area contributed by atoms with Gasteiger partial charge in [0, 0.05) is 102 Å². The third kappa shape index (κ3) is 30.0. The Morgan fingerprint density at radius 2 is 1.10 bits per heavy atom. The zero-order valence-corrected chi connectivity index (χ0v) is 77.5. The number of ether oxygens (including phenoxy) is 1. The number of hydrogen-bond donors (Lipinski definition) is 13. The zero-order chi connectivity index (χ0) is 95.0. The van der Waals surface area contributed by atoms with Gasteiger partial charge < -0.3 is 60.3 Å². The molecule has 0 spiro atoms. The lowest BCUT2D eigenvalue weighted by molar-refractivity contribution is 0.0998. The molecule has 714 valence electrons. The molecule has 9 aromatic rings. The summed E-state index contributed by atoms with van der Waals surface area (Å²) in [6.45, 7) is 12.0. The number of thiophene rings is 3. The zero-order valence-electron chi connectivity index (χ0n) is 71.0. The number of carbonyl (C=O) groups is 4. The first-order chi connectivity index (χ1) is 61.9. The van der Waals surface area contributed by atoms with Crippen LogP contribution in [0.5, 0.6) is 0 Å². The van der Waals surface area contributed by atoms with Crippen molar-refractivity contribution in [1.82, 2.24) is 44.4 Å². The van der Waals surface area contributed by atoms with E-state index in [1.54, 1.807) is 25.3 Å². The molecule has 14 atom stereocenters. The van der Waals surface area contributed by atoms with Crippen LogP contribution >= 0.6 is 45.6 Å². The fraction of sp³-hybridized carbons (Fsp3) is 0.458. The van der Waals surface area contributed by atoms with Gasteiger partial charge in [-0.25, -0.2) is 60.4 Å². The van der Waals surface area contributed by atoms with Crippen molar-refractivity contribution in [2.45, 2.75) is 167 Å². The van der Waals surface area contributed by atoms with E-state index < -0.39 is 101 Å². The highest BCUT2D eigenvalue weighted by molar-refractivity contribution is 7.85. The van der Waals surface area contributed by atoms with Gasteiger partial charge >= 0.3 is 41.2 Å². The minimum Gasteiger partial charge on any atom is -0.460 e. The number of carbonyl (C=O) groups excluding carboxylic acids is 4. The third-order valence-corrected chi connectivity index (χ3v) is 27.6. The molecular formula is C83H104ClN17O24S7. The molecule has 132 heavy (non-hydrogen) atoms. The second-order valence-corrected chi connectivity index (χ2v) is 41.2. The summed E-state index contributed by atoms with van der Waals surface area (Å²) in [5.41, 5.74) is 7.07. The van der Waals surface area contributed by atoms with Gasteiger partial charge in [0.25, 0.3) is 0 Å². The maximum absolute atomic E-state index is 13.4. The minimum atomic E-state index is -4.10. The number of aliphatic hydroxyl groups excluding tert-OH is 6. The van der Waals surface area contributed by atoms with E-state index in [0.29, 0.717) is 135 Å². The molecule has 4 aliphatic carbocycles. The van der Waals surface area contributed by atoms with E-state index in [4.69, 9.17) is 46.6 Å². The van der Waals surface area contributed by atoms with Crippen LogP contribution < -0.4 is 36.5 Å². The fourth-order valence-electron chi connectivity index (χ4n) is 15.5. The van der Waals surface area contributed by atoms with Crippen LogP contribution in [0.2, 0.25) is 4.34 Å². The Kier molecular flexibility index (Phi) is 37.0. The molecule has 0 radical (unpaired) electrons. The monoisotopic (exact) mass is 1980 g/mol. The van der Waals surface area contributed by atoms with Gasteiger partial charge in [-0.3, -0.25) is 35.9 Å². The highest BCUT2D eigenvalue weighted by atomic mass is 35.5. The lowest BCUT2D eigenvalue weighted by atomic mass is 9.96. The number of aliphatic hydroxyl groups is 6. The summed E-state index contributed by atoms with van der Waals surface area (Å²) < 4.78 is 120. The standard InChI is InChI=1S/C23H25N5O5S2.C21H26N4O6S2.C19H25ClN4O6S2.C19H24N4O7S.CH4/c1-14-17(11-28-3-2-15(8-24)10-28)7-22(34-14)23(30)19-9-26-13-27-20(19)5-16-4-18(21(29)6-16)12-33-35(25,31)32;22-33(28,29)31-10-15-7-16(8-18(15)26)25-21-17(9-23-12-24-21)20(27)19-6-14(11-32-19)5-13-1-3-30-4-2-13;1-9(2)16(26)12-5-15(31-18(12)20)17(27)13-6-22-8-23-19(13)24-11-3-10(14(25)4-11)7-30-32(21,28)29;1-10(2)17(25)12-4-16(29-7-12)18(26)14-6-21-9-22-19(14)23-13-3-11(15(24)5-13)8-30-31(20,27)28;/h2-3,7,9-10,13,16,18,21,29H,4-6,11-12H2,1H3,(H2,25,31,32);1,6,9,11-12,15-16,18,26H,2-5,7-8,10H2,(H2,22,28,29)(H,23,24,25);5-6,8-11,14,16,25-26H,3-4,7H2,1-2H3,(H2,21,28,29)(H,22,23,24);4,6-7,9,11,13,15,17,24-25H,1,3,5,8H2,2H3,(H2,20,27,28)(H,21,22,23);1H4/t16-,18+,21-;15-,16-,18+;10-,11-,14+,16?;11-,13-,15+,17?;/m0111./s1. The molecule has 2 unspecified atom stereocenters. The highest BCUT2D eigenvalue weighted by Crippen LogP contribution is 2.40. The maximum Gasteiger partial charge on any atom is 0.333 e. The van der Waals surface area contributed by atoms with Crippen LogP contribution in [0.3, 0.4) is 0 Å². The van der Waals surface area contributed by atoms with Crippen LogP contribution in [0.15, 0.2) is 133 Å². The average Bonchev–Trinajstić information content (AvgIpc) is 1.64. The number of halogens is 1. The Morgan fingerprint density at radius 3 is 1.57 bits per heavy atom. The Bertz CT molecular complexity index is 6110. The van der Waals surface area contributed by atoms with Crippen LogP contribution in [-0.4, -0.2) is 214 Å². The molecule has 5 aliphatic rings. The highest BCUT2D eigenvalue weighted by Gasteiger charge is 2.40. The second-order valence-electron chi connectivity index (χ2n) is 32.5. The Balaban J connectivity index is 0.000000182. The molecule has 4 saturated carbocycles. The van der Waals surface area contributed by atoms with Gasteiger partial charge in [0.1, 0.15) is 54.9 Å². The first-order valence-electron chi connectivity index (χ1n) is 40.9. The maximum atomic E-state index is 13.4. The van der Waals surface area contributed by atoms with E-state index in [0.717, 1.165) is 46.8 Å². The SMILES string of the molecule is C.C=C(C)C(O)c1coc(C(=O)c2cncnc2N[C@@H]2C[C@H](COS(N)(=O)=O)[C@@H](O)C2)c1.CC(C)C(O)c1cc(C(=O)c2cncnc2N[C@@H]2C[C@H](COS(N)(=O)=O)[C@@H](O)C2)sc1Cl.Cc1sc(C(=O)c2cncnc2C[C@@H]2C[C@H](COS(N)(=O)=O)[C@@H](O)C2)cc1Cn1ccc(C#N)c1.NS(=O)(=O)OC[C@H]1C[C@@H](Nc2ncncc2C(=O)c2cc(CC3=CCOCC3)cs2)C[C@@H]1O. The molecule has 0 amide bonds. The lowest BCUT2D eigenvalue weighted by Crippen LogP contribution is -2.24. The Morgan fingerprint density at radius 1 is 0.636 bits per heavy atom. The quantitative estimate of drug-likeness (QED) is 0.0146. The van der Waals surface area contributed by atoms with Crippen LogP contribution in [0, 0.1) is 53.8 Å². The van der Waals surface area contributed by atoms with E-state index in [9.17, 15) is 83.5 Å². The van der Waals surface area contributed by atoms with E-state index in [-0.39, 0.29) is 116 Å². The first kappa shape index (κ1) is 105. The van der Waals surface area contributed by atoms with Crippen molar-refractivity contribution in [1.29, 1.82) is 5.26 Å². The van der Waals surface area contributed by atoms with Crippen molar-refractivity contribution in [3.63, 3.8) is 0 Å². The molecule has 14 rings (SSSR count). The normalized spacial score (nSPS) is 21.8. The molecule has 0 saturated heterocycles. The van der Waals surface area contributed by atoms with E-state index >= 15 is 0 Å². The molecule has 0 bridgehead atoms. The first-order valence-corrected chi connectivity index (χ1v) is 49.6. The number of hydrogen-bond acceptors (Lipinski definition) is 39. The Labute approximate surface area is 779 Å².